The zero-order valence-corrected chi connectivity index (χ0v) is 10.3. The van der Waals surface area contributed by atoms with Crippen molar-refractivity contribution in [3.63, 3.8) is 0 Å². The average Bonchev–Trinajstić information content (AvgIpc) is 2.56. The molecule has 2 N–H and O–H groups in total. The predicted molar refractivity (Wildman–Crippen MR) is 56.2 cm³/mol. The Morgan fingerprint density at radius 2 is 2.06 bits per heavy atom. The topological polar surface area (TPSA) is 66.4 Å². The second kappa shape index (κ2) is 4.92. The molecule has 0 atom stereocenters. The summed E-state index contributed by atoms with van der Waals surface area (Å²) in [6.07, 6.45) is -4.61. The lowest BCUT2D eigenvalue weighted by molar-refractivity contribution is -0.121. The van der Waals surface area contributed by atoms with Crippen molar-refractivity contribution in [2.75, 3.05) is 6.54 Å². The van der Waals surface area contributed by atoms with Gasteiger partial charge in [0.2, 0.25) is 10.0 Å². The quantitative estimate of drug-likeness (QED) is 0.880. The molecule has 0 fully saturated rings. The van der Waals surface area contributed by atoms with Crippen molar-refractivity contribution in [3.05, 3.63) is 15.8 Å². The zero-order valence-electron chi connectivity index (χ0n) is 8.71. The Kier molecular flexibility index (Phi) is 4.18. The molecule has 1 rings (SSSR count). The number of aliphatic hydroxyl groups is 1. The van der Waals surface area contributed by atoms with Crippen LogP contribution in [0.2, 0.25) is 0 Å². The Morgan fingerprint density at radius 1 is 1.47 bits per heavy atom. The highest BCUT2D eigenvalue weighted by Crippen LogP contribution is 2.27. The number of thiophene rings is 1. The van der Waals surface area contributed by atoms with Crippen LogP contribution in [0.15, 0.2) is 10.3 Å². The molecule has 0 unspecified atom stereocenters. The van der Waals surface area contributed by atoms with Crippen molar-refractivity contribution in [3.8, 4) is 0 Å². The fourth-order valence-electron chi connectivity index (χ4n) is 1.21. The molecule has 0 aliphatic rings. The molecule has 0 amide bonds. The molecule has 0 saturated carbocycles. The Morgan fingerprint density at radius 3 is 2.53 bits per heavy atom. The van der Waals surface area contributed by atoms with Crippen molar-refractivity contribution in [1.82, 2.24) is 4.72 Å². The smallest absolute Gasteiger partial charge is 0.391 e. The SMILES string of the molecule is Cc1csc(CO)c1S(=O)(=O)NCC(F)(F)F. The van der Waals surface area contributed by atoms with E-state index in [1.54, 1.807) is 0 Å². The number of halogens is 3. The van der Waals surface area contributed by atoms with Crippen LogP contribution in [0.25, 0.3) is 0 Å². The first kappa shape index (κ1) is 14.4. The summed E-state index contributed by atoms with van der Waals surface area (Å²) in [6.45, 7) is -0.700. The highest BCUT2D eigenvalue weighted by molar-refractivity contribution is 7.89. The number of hydrogen-bond donors (Lipinski definition) is 2. The lowest BCUT2D eigenvalue weighted by Gasteiger charge is -2.10. The normalized spacial score (nSPS) is 13.0. The molecule has 1 aromatic heterocycles. The van der Waals surface area contributed by atoms with Gasteiger partial charge in [-0.2, -0.15) is 13.2 Å². The first-order chi connectivity index (χ1) is 7.67. The minimum absolute atomic E-state index is 0.122. The largest absolute Gasteiger partial charge is 0.402 e. The number of aliphatic hydroxyl groups excluding tert-OH is 1. The van der Waals surface area contributed by atoms with E-state index in [0.29, 0.717) is 5.56 Å². The molecule has 0 aliphatic carbocycles. The molecule has 0 spiro atoms. The highest BCUT2D eigenvalue weighted by Gasteiger charge is 2.31. The molecule has 4 nitrogen and oxygen atoms in total. The minimum atomic E-state index is -4.61. The Labute approximate surface area is 100 Å². The number of sulfonamides is 1. The lowest BCUT2D eigenvalue weighted by Crippen LogP contribution is -2.34. The Hall–Kier alpha value is -0.640. The van der Waals surface area contributed by atoms with Crippen LogP contribution in [0.5, 0.6) is 0 Å². The molecular formula is C8H10F3NO3S2. The van der Waals surface area contributed by atoms with Gasteiger partial charge in [-0.15, -0.1) is 11.3 Å². The second-order valence-electron chi connectivity index (χ2n) is 3.27. The summed E-state index contributed by atoms with van der Waals surface area (Å²) < 4.78 is 60.5. The Balaban J connectivity index is 3.01. The standard InChI is InChI=1S/C8H10F3NO3S2/c1-5-3-16-6(2-13)7(5)17(14,15)12-4-8(9,10)11/h3,12-13H,2,4H2,1H3. The summed E-state index contributed by atoms with van der Waals surface area (Å²) in [5.74, 6) is 0. The molecule has 0 bridgehead atoms. The van der Waals surface area contributed by atoms with E-state index in [4.69, 9.17) is 5.11 Å². The van der Waals surface area contributed by atoms with E-state index in [1.165, 1.54) is 17.0 Å². The summed E-state index contributed by atoms with van der Waals surface area (Å²) >= 11 is 0.986. The summed E-state index contributed by atoms with van der Waals surface area (Å²) in [4.78, 5) is -0.147. The van der Waals surface area contributed by atoms with Gasteiger partial charge in [-0.1, -0.05) is 0 Å². The maximum Gasteiger partial charge on any atom is 0.402 e. The van der Waals surface area contributed by atoms with Gasteiger partial charge < -0.3 is 5.11 Å². The van der Waals surface area contributed by atoms with Gasteiger partial charge in [-0.25, -0.2) is 13.1 Å². The monoisotopic (exact) mass is 289 g/mol. The minimum Gasteiger partial charge on any atom is -0.391 e. The fourth-order valence-corrected chi connectivity index (χ4v) is 3.88. The Bertz CT molecular complexity index is 493. The molecule has 98 valence electrons. The van der Waals surface area contributed by atoms with Gasteiger partial charge in [0, 0.05) is 0 Å². The van der Waals surface area contributed by atoms with Crippen LogP contribution < -0.4 is 4.72 Å². The van der Waals surface area contributed by atoms with E-state index in [1.807, 2.05) is 0 Å². The molecular weight excluding hydrogens is 279 g/mol. The van der Waals surface area contributed by atoms with Gasteiger partial charge in [0.1, 0.15) is 11.4 Å². The third-order valence-corrected chi connectivity index (χ3v) is 4.71. The maximum atomic E-state index is 11.9. The summed E-state index contributed by atoms with van der Waals surface area (Å²) in [6, 6.07) is 0. The number of alkyl halides is 3. The van der Waals surface area contributed by atoms with Crippen molar-refractivity contribution >= 4 is 21.4 Å². The molecule has 17 heavy (non-hydrogen) atoms. The second-order valence-corrected chi connectivity index (χ2v) is 5.94. The van der Waals surface area contributed by atoms with E-state index < -0.39 is 29.4 Å². The third kappa shape index (κ3) is 3.66. The summed E-state index contributed by atoms with van der Waals surface area (Å²) in [7, 11) is -4.24. The number of aryl methyl sites for hydroxylation is 1. The predicted octanol–water partition coefficient (Wildman–Crippen LogP) is 1.39. The third-order valence-electron chi connectivity index (χ3n) is 1.86. The molecule has 0 aliphatic heterocycles. The van der Waals surface area contributed by atoms with E-state index in [-0.39, 0.29) is 9.77 Å². The zero-order chi connectivity index (χ0) is 13.3. The van der Waals surface area contributed by atoms with E-state index in [2.05, 4.69) is 0 Å². The van der Waals surface area contributed by atoms with Crippen molar-refractivity contribution in [1.29, 1.82) is 0 Å². The van der Waals surface area contributed by atoms with Crippen LogP contribution in [-0.2, 0) is 16.6 Å². The highest BCUT2D eigenvalue weighted by atomic mass is 32.2. The molecule has 0 aromatic carbocycles. The van der Waals surface area contributed by atoms with Gasteiger partial charge in [-0.3, -0.25) is 0 Å². The van der Waals surface area contributed by atoms with E-state index >= 15 is 0 Å². The van der Waals surface area contributed by atoms with Crippen LogP contribution in [0.1, 0.15) is 10.4 Å². The van der Waals surface area contributed by atoms with Gasteiger partial charge in [0.25, 0.3) is 0 Å². The van der Waals surface area contributed by atoms with Crippen molar-refractivity contribution in [2.24, 2.45) is 0 Å². The van der Waals surface area contributed by atoms with E-state index in [9.17, 15) is 21.6 Å². The fraction of sp³-hybridized carbons (Fsp3) is 0.500. The lowest BCUT2D eigenvalue weighted by atomic mass is 10.3. The van der Waals surface area contributed by atoms with E-state index in [0.717, 1.165) is 11.3 Å². The molecule has 0 radical (unpaired) electrons. The number of hydrogen-bond acceptors (Lipinski definition) is 4. The summed E-state index contributed by atoms with van der Waals surface area (Å²) in [5.41, 5.74) is 0.314. The summed E-state index contributed by atoms with van der Waals surface area (Å²) in [5, 5.41) is 10.4. The maximum absolute atomic E-state index is 11.9. The van der Waals surface area contributed by atoms with Crippen LogP contribution in [0, 0.1) is 6.92 Å². The van der Waals surface area contributed by atoms with Crippen molar-refractivity contribution in [2.45, 2.75) is 24.6 Å². The molecule has 9 heteroatoms. The van der Waals surface area contributed by atoms with Crippen LogP contribution in [0.3, 0.4) is 0 Å². The average molecular weight is 289 g/mol. The van der Waals surface area contributed by atoms with Crippen LogP contribution in [-0.4, -0.2) is 26.2 Å². The first-order valence-corrected chi connectivity index (χ1v) is 6.78. The van der Waals surface area contributed by atoms with Gasteiger partial charge in [-0.05, 0) is 17.9 Å². The van der Waals surface area contributed by atoms with Gasteiger partial charge in [0.15, 0.2) is 0 Å². The van der Waals surface area contributed by atoms with Crippen molar-refractivity contribution < 1.29 is 26.7 Å². The molecule has 1 heterocycles. The van der Waals surface area contributed by atoms with Gasteiger partial charge in [0.05, 0.1) is 11.5 Å². The number of nitrogens with one attached hydrogen (secondary N) is 1. The van der Waals surface area contributed by atoms with Crippen LogP contribution >= 0.6 is 11.3 Å². The first-order valence-electron chi connectivity index (χ1n) is 4.41. The van der Waals surface area contributed by atoms with Gasteiger partial charge >= 0.3 is 6.18 Å². The molecule has 0 saturated heterocycles. The van der Waals surface area contributed by atoms with Crippen LogP contribution in [0.4, 0.5) is 13.2 Å². The molecule has 1 aromatic rings. The number of rotatable bonds is 4.